The number of rotatable bonds is 1. The molecule has 0 radical (unpaired) electrons. The smallest absolute Gasteiger partial charge is 0.215 e. The van der Waals surface area contributed by atoms with Crippen LogP contribution < -0.4 is 4.74 Å². The summed E-state index contributed by atoms with van der Waals surface area (Å²) in [7, 11) is 1.61. The molecular formula is C13H16N2O. The fraction of sp³-hybridized carbons (Fsp3) is 0.385. The van der Waals surface area contributed by atoms with Crippen LogP contribution in [0.2, 0.25) is 0 Å². The number of methoxy groups -OCH3 is 1. The summed E-state index contributed by atoms with van der Waals surface area (Å²) in [5.74, 6) is 0.603. The van der Waals surface area contributed by atoms with Gasteiger partial charge in [-0.25, -0.2) is 4.98 Å². The Morgan fingerprint density at radius 1 is 1.19 bits per heavy atom. The van der Waals surface area contributed by atoms with Crippen molar-refractivity contribution >= 4 is 10.9 Å². The van der Waals surface area contributed by atoms with Crippen molar-refractivity contribution in [1.29, 1.82) is 0 Å². The highest BCUT2D eigenvalue weighted by atomic mass is 16.5. The van der Waals surface area contributed by atoms with Gasteiger partial charge in [0.05, 0.1) is 12.6 Å². The molecule has 2 aromatic heterocycles. The lowest BCUT2D eigenvalue weighted by molar-refractivity contribution is 0.398. The maximum atomic E-state index is 5.10. The summed E-state index contributed by atoms with van der Waals surface area (Å²) < 4.78 is 5.10. The van der Waals surface area contributed by atoms with Gasteiger partial charge >= 0.3 is 0 Å². The topological polar surface area (TPSA) is 35.0 Å². The summed E-state index contributed by atoms with van der Waals surface area (Å²) in [4.78, 5) is 8.58. The standard InChI is InChI=1S/C13H16N2O/c1-13(2,3)10-5-6-14-11-7-12(16-4)15-8-9(10)11/h5-8H,1-4H3. The summed E-state index contributed by atoms with van der Waals surface area (Å²) in [6, 6.07) is 3.92. The lowest BCUT2D eigenvalue weighted by Crippen LogP contribution is -2.12. The number of hydrogen-bond acceptors (Lipinski definition) is 3. The van der Waals surface area contributed by atoms with Gasteiger partial charge in [-0.3, -0.25) is 4.98 Å². The molecule has 16 heavy (non-hydrogen) atoms. The molecule has 0 N–H and O–H groups in total. The molecule has 84 valence electrons. The first-order valence-electron chi connectivity index (χ1n) is 5.31. The highest BCUT2D eigenvalue weighted by Crippen LogP contribution is 2.29. The van der Waals surface area contributed by atoms with E-state index in [0.717, 1.165) is 10.9 Å². The molecule has 3 heteroatoms. The van der Waals surface area contributed by atoms with Crippen molar-refractivity contribution in [1.82, 2.24) is 9.97 Å². The molecule has 0 aliphatic carbocycles. The van der Waals surface area contributed by atoms with Gasteiger partial charge in [-0.2, -0.15) is 0 Å². The van der Waals surface area contributed by atoms with E-state index in [1.165, 1.54) is 5.56 Å². The van der Waals surface area contributed by atoms with Gasteiger partial charge < -0.3 is 4.74 Å². The van der Waals surface area contributed by atoms with Gasteiger partial charge in [0.1, 0.15) is 0 Å². The SMILES string of the molecule is COc1cc2nccc(C(C)(C)C)c2cn1. The molecular weight excluding hydrogens is 200 g/mol. The minimum absolute atomic E-state index is 0.0947. The first-order chi connectivity index (χ1) is 7.52. The van der Waals surface area contributed by atoms with Gasteiger partial charge in [0.2, 0.25) is 5.88 Å². The van der Waals surface area contributed by atoms with E-state index in [9.17, 15) is 0 Å². The van der Waals surface area contributed by atoms with Crippen molar-refractivity contribution in [2.45, 2.75) is 26.2 Å². The van der Waals surface area contributed by atoms with Crippen LogP contribution >= 0.6 is 0 Å². The second kappa shape index (κ2) is 3.74. The molecule has 0 aliphatic rings. The summed E-state index contributed by atoms with van der Waals surface area (Å²) in [6.07, 6.45) is 3.67. The number of ether oxygens (including phenoxy) is 1. The molecule has 2 rings (SSSR count). The average Bonchev–Trinajstić information content (AvgIpc) is 2.26. The zero-order valence-corrected chi connectivity index (χ0v) is 10.1. The maximum absolute atomic E-state index is 5.10. The molecule has 2 heterocycles. The Bertz CT molecular complexity index is 515. The third kappa shape index (κ3) is 1.85. The van der Waals surface area contributed by atoms with E-state index < -0.39 is 0 Å². The quantitative estimate of drug-likeness (QED) is 0.735. The molecule has 0 aliphatic heterocycles. The van der Waals surface area contributed by atoms with Gasteiger partial charge in [-0.1, -0.05) is 20.8 Å². The summed E-state index contributed by atoms with van der Waals surface area (Å²) in [6.45, 7) is 6.56. The molecule has 0 saturated carbocycles. The van der Waals surface area contributed by atoms with Crippen LogP contribution in [-0.4, -0.2) is 17.1 Å². The van der Waals surface area contributed by atoms with Crippen LogP contribution in [0, 0.1) is 0 Å². The zero-order valence-electron chi connectivity index (χ0n) is 10.1. The Hall–Kier alpha value is -1.64. The first kappa shape index (κ1) is 10.9. The number of fused-ring (bicyclic) bond motifs is 1. The third-order valence-electron chi connectivity index (χ3n) is 2.62. The Labute approximate surface area is 95.5 Å². The van der Waals surface area contributed by atoms with E-state index in [0.29, 0.717) is 5.88 Å². The van der Waals surface area contributed by atoms with Gasteiger partial charge in [0, 0.05) is 23.8 Å². The van der Waals surface area contributed by atoms with E-state index >= 15 is 0 Å². The number of nitrogens with zero attached hydrogens (tertiary/aromatic N) is 2. The van der Waals surface area contributed by atoms with Crippen LogP contribution in [0.3, 0.4) is 0 Å². The predicted octanol–water partition coefficient (Wildman–Crippen LogP) is 2.94. The van der Waals surface area contributed by atoms with Crippen LogP contribution in [0.5, 0.6) is 5.88 Å². The molecule has 3 nitrogen and oxygen atoms in total. The summed E-state index contributed by atoms with van der Waals surface area (Å²) in [5, 5.41) is 1.09. The Kier molecular flexibility index (Phi) is 2.54. The van der Waals surface area contributed by atoms with Crippen molar-refractivity contribution in [3.8, 4) is 5.88 Å². The van der Waals surface area contributed by atoms with Gasteiger partial charge in [-0.15, -0.1) is 0 Å². The molecule has 2 aromatic rings. The largest absolute Gasteiger partial charge is 0.481 e. The second-order valence-electron chi connectivity index (χ2n) is 4.85. The number of hydrogen-bond donors (Lipinski definition) is 0. The third-order valence-corrected chi connectivity index (χ3v) is 2.62. The molecule has 0 amide bonds. The minimum Gasteiger partial charge on any atom is -0.481 e. The van der Waals surface area contributed by atoms with Crippen molar-refractivity contribution < 1.29 is 4.74 Å². The summed E-state index contributed by atoms with van der Waals surface area (Å²) >= 11 is 0. The average molecular weight is 216 g/mol. The van der Waals surface area contributed by atoms with Crippen molar-refractivity contribution in [3.05, 3.63) is 30.1 Å². The lowest BCUT2D eigenvalue weighted by atomic mass is 9.85. The van der Waals surface area contributed by atoms with Crippen LogP contribution in [-0.2, 0) is 5.41 Å². The molecule has 0 atom stereocenters. The monoisotopic (exact) mass is 216 g/mol. The fourth-order valence-corrected chi connectivity index (χ4v) is 1.79. The first-order valence-corrected chi connectivity index (χ1v) is 5.31. The Balaban J connectivity index is 2.70. The van der Waals surface area contributed by atoms with E-state index in [1.54, 1.807) is 7.11 Å². The van der Waals surface area contributed by atoms with Crippen molar-refractivity contribution in [3.63, 3.8) is 0 Å². The van der Waals surface area contributed by atoms with E-state index in [2.05, 4.69) is 36.8 Å². The lowest BCUT2D eigenvalue weighted by Gasteiger charge is -2.20. The van der Waals surface area contributed by atoms with Crippen LogP contribution in [0.15, 0.2) is 24.5 Å². The van der Waals surface area contributed by atoms with E-state index in [-0.39, 0.29) is 5.41 Å². The number of pyridine rings is 2. The Morgan fingerprint density at radius 2 is 1.94 bits per heavy atom. The highest BCUT2D eigenvalue weighted by Gasteiger charge is 2.17. The normalized spacial score (nSPS) is 11.8. The highest BCUT2D eigenvalue weighted by molar-refractivity contribution is 5.82. The van der Waals surface area contributed by atoms with E-state index in [1.807, 2.05) is 18.5 Å². The molecule has 0 aromatic carbocycles. The van der Waals surface area contributed by atoms with Gasteiger partial charge in [-0.05, 0) is 17.0 Å². The number of aromatic nitrogens is 2. The van der Waals surface area contributed by atoms with Crippen LogP contribution in [0.1, 0.15) is 26.3 Å². The molecule has 0 bridgehead atoms. The molecule has 0 unspecified atom stereocenters. The molecule has 0 saturated heterocycles. The van der Waals surface area contributed by atoms with Crippen LogP contribution in [0.25, 0.3) is 10.9 Å². The predicted molar refractivity (Wildman–Crippen MR) is 64.8 cm³/mol. The van der Waals surface area contributed by atoms with Crippen molar-refractivity contribution in [2.24, 2.45) is 0 Å². The van der Waals surface area contributed by atoms with Crippen LogP contribution in [0.4, 0.5) is 0 Å². The molecule has 0 spiro atoms. The van der Waals surface area contributed by atoms with Gasteiger partial charge in [0.25, 0.3) is 0 Å². The minimum atomic E-state index is 0.0947. The maximum Gasteiger partial charge on any atom is 0.215 e. The Morgan fingerprint density at radius 3 is 2.56 bits per heavy atom. The summed E-state index contributed by atoms with van der Waals surface area (Å²) in [5.41, 5.74) is 2.28. The zero-order chi connectivity index (χ0) is 11.8. The second-order valence-corrected chi connectivity index (χ2v) is 4.85. The van der Waals surface area contributed by atoms with Gasteiger partial charge in [0.15, 0.2) is 0 Å². The van der Waals surface area contributed by atoms with Crippen molar-refractivity contribution in [2.75, 3.05) is 7.11 Å². The molecule has 0 fully saturated rings. The fourth-order valence-electron chi connectivity index (χ4n) is 1.79. The van der Waals surface area contributed by atoms with E-state index in [4.69, 9.17) is 4.74 Å².